The van der Waals surface area contributed by atoms with Crippen molar-refractivity contribution in [1.29, 1.82) is 0 Å². The summed E-state index contributed by atoms with van der Waals surface area (Å²) in [5, 5.41) is 8.23. The zero-order valence-corrected chi connectivity index (χ0v) is 20.1. The van der Waals surface area contributed by atoms with E-state index in [1.54, 1.807) is 47.3 Å². The van der Waals surface area contributed by atoms with E-state index in [-0.39, 0.29) is 37.1 Å². The SMILES string of the molecule is O=C(Nc1ccc(CN2C(=O)CCC2=O)cc1)c1cn(Cc2ccccc2)nc1-c1ccc(Cl)cc1. The first kappa shape index (κ1) is 23.5. The number of hydrogen-bond acceptors (Lipinski definition) is 4. The quantitative estimate of drug-likeness (QED) is 0.357. The van der Waals surface area contributed by atoms with Crippen molar-refractivity contribution in [2.45, 2.75) is 25.9 Å². The highest BCUT2D eigenvalue weighted by molar-refractivity contribution is 6.30. The van der Waals surface area contributed by atoms with Gasteiger partial charge in [0.25, 0.3) is 5.91 Å². The number of likely N-dealkylation sites (tertiary alicyclic amines) is 1. The molecule has 36 heavy (non-hydrogen) atoms. The molecular formula is C28H23ClN4O3. The van der Waals surface area contributed by atoms with Gasteiger partial charge in [-0.3, -0.25) is 24.0 Å². The van der Waals surface area contributed by atoms with Gasteiger partial charge in [0.05, 0.1) is 18.7 Å². The molecule has 4 aromatic rings. The summed E-state index contributed by atoms with van der Waals surface area (Å²) in [6.45, 7) is 0.760. The van der Waals surface area contributed by atoms with Crippen LogP contribution in [0.4, 0.5) is 5.69 Å². The zero-order chi connectivity index (χ0) is 25.1. The largest absolute Gasteiger partial charge is 0.322 e. The van der Waals surface area contributed by atoms with E-state index in [1.807, 2.05) is 42.5 Å². The molecule has 0 spiro atoms. The summed E-state index contributed by atoms with van der Waals surface area (Å²) in [6.07, 6.45) is 2.27. The molecule has 7 nitrogen and oxygen atoms in total. The molecule has 0 radical (unpaired) electrons. The molecule has 5 rings (SSSR count). The Bertz CT molecular complexity index is 1400. The Morgan fingerprint density at radius 3 is 2.14 bits per heavy atom. The molecule has 3 aromatic carbocycles. The molecule has 3 amide bonds. The Labute approximate surface area is 213 Å². The fraction of sp³-hybridized carbons (Fsp3) is 0.143. The lowest BCUT2D eigenvalue weighted by atomic mass is 10.1. The Morgan fingerprint density at radius 2 is 1.47 bits per heavy atom. The van der Waals surface area contributed by atoms with E-state index in [9.17, 15) is 14.4 Å². The second-order valence-electron chi connectivity index (χ2n) is 8.61. The van der Waals surface area contributed by atoms with Gasteiger partial charge in [0.1, 0.15) is 5.69 Å². The summed E-state index contributed by atoms with van der Waals surface area (Å²) in [7, 11) is 0. The molecule has 1 N–H and O–H groups in total. The van der Waals surface area contributed by atoms with E-state index in [0.29, 0.717) is 28.5 Å². The number of carbonyl (C=O) groups is 3. The van der Waals surface area contributed by atoms with E-state index in [0.717, 1.165) is 16.7 Å². The summed E-state index contributed by atoms with van der Waals surface area (Å²) in [6, 6.07) is 24.2. The Hall–Kier alpha value is -4.23. The number of aromatic nitrogens is 2. The summed E-state index contributed by atoms with van der Waals surface area (Å²) >= 11 is 6.06. The maximum absolute atomic E-state index is 13.3. The molecule has 2 heterocycles. The number of anilines is 1. The lowest BCUT2D eigenvalue weighted by Gasteiger charge is -2.14. The molecular weight excluding hydrogens is 476 g/mol. The molecule has 1 aliphatic heterocycles. The van der Waals surface area contributed by atoms with E-state index in [1.165, 1.54) is 4.90 Å². The fourth-order valence-corrected chi connectivity index (χ4v) is 4.26. The van der Waals surface area contributed by atoms with Crippen LogP contribution in [0.15, 0.2) is 85.1 Å². The average Bonchev–Trinajstić information content (AvgIpc) is 3.45. The maximum Gasteiger partial charge on any atom is 0.259 e. The van der Waals surface area contributed by atoms with E-state index in [4.69, 9.17) is 16.7 Å². The third-order valence-electron chi connectivity index (χ3n) is 6.02. The van der Waals surface area contributed by atoms with Gasteiger partial charge >= 0.3 is 0 Å². The van der Waals surface area contributed by atoms with Crippen molar-refractivity contribution >= 4 is 35.0 Å². The number of carbonyl (C=O) groups excluding carboxylic acids is 3. The van der Waals surface area contributed by atoms with E-state index < -0.39 is 0 Å². The zero-order valence-electron chi connectivity index (χ0n) is 19.4. The predicted molar refractivity (Wildman–Crippen MR) is 137 cm³/mol. The van der Waals surface area contributed by atoms with Gasteiger partial charge in [-0.15, -0.1) is 0 Å². The van der Waals surface area contributed by atoms with Gasteiger partial charge in [-0.1, -0.05) is 66.2 Å². The van der Waals surface area contributed by atoms with Gasteiger partial charge in [-0.05, 0) is 35.4 Å². The minimum absolute atomic E-state index is 0.153. The first-order chi connectivity index (χ1) is 17.5. The van der Waals surface area contributed by atoms with Crippen molar-refractivity contribution in [2.24, 2.45) is 0 Å². The van der Waals surface area contributed by atoms with Crippen molar-refractivity contribution in [3.63, 3.8) is 0 Å². The standard InChI is InChI=1S/C28H23ClN4O3/c29-22-10-8-21(9-11-22)27-24(18-32(31-27)16-19-4-2-1-3-5-19)28(36)30-23-12-6-20(7-13-23)17-33-25(34)14-15-26(33)35/h1-13,18H,14-17H2,(H,30,36). The lowest BCUT2D eigenvalue weighted by molar-refractivity contribution is -0.139. The minimum atomic E-state index is -0.295. The van der Waals surface area contributed by atoms with E-state index in [2.05, 4.69) is 5.32 Å². The van der Waals surface area contributed by atoms with Crippen LogP contribution in [0.2, 0.25) is 5.02 Å². The van der Waals surface area contributed by atoms with Crippen LogP contribution >= 0.6 is 11.6 Å². The van der Waals surface area contributed by atoms with Gasteiger partial charge in [0.2, 0.25) is 11.8 Å². The highest BCUT2D eigenvalue weighted by Gasteiger charge is 2.28. The van der Waals surface area contributed by atoms with Gasteiger partial charge in [0.15, 0.2) is 0 Å². The average molecular weight is 499 g/mol. The molecule has 180 valence electrons. The summed E-state index contributed by atoms with van der Waals surface area (Å²) in [5.74, 6) is -0.601. The lowest BCUT2D eigenvalue weighted by Crippen LogP contribution is -2.28. The van der Waals surface area contributed by atoms with Crippen LogP contribution in [0.5, 0.6) is 0 Å². The Morgan fingerprint density at radius 1 is 0.833 bits per heavy atom. The summed E-state index contributed by atoms with van der Waals surface area (Å²) in [5.41, 5.74) is 4.26. The molecule has 1 aliphatic rings. The van der Waals surface area contributed by atoms with Crippen molar-refractivity contribution in [3.8, 4) is 11.3 Å². The summed E-state index contributed by atoms with van der Waals surface area (Å²) in [4.78, 5) is 38.3. The van der Waals surface area contributed by atoms with Crippen molar-refractivity contribution in [3.05, 3.63) is 107 Å². The van der Waals surface area contributed by atoms with Crippen LogP contribution in [-0.2, 0) is 22.7 Å². The van der Waals surface area contributed by atoms with Crippen molar-refractivity contribution in [1.82, 2.24) is 14.7 Å². The molecule has 8 heteroatoms. The highest BCUT2D eigenvalue weighted by Crippen LogP contribution is 2.26. The first-order valence-corrected chi connectivity index (χ1v) is 11.9. The molecule has 1 saturated heterocycles. The Balaban J connectivity index is 1.36. The van der Waals surface area contributed by atoms with Gasteiger partial charge in [0, 0.05) is 35.3 Å². The third-order valence-corrected chi connectivity index (χ3v) is 6.27. The number of rotatable bonds is 7. The van der Waals surface area contributed by atoms with Gasteiger partial charge in [-0.2, -0.15) is 5.10 Å². The van der Waals surface area contributed by atoms with Crippen LogP contribution < -0.4 is 5.32 Å². The van der Waals surface area contributed by atoms with Crippen LogP contribution in [-0.4, -0.2) is 32.4 Å². The maximum atomic E-state index is 13.3. The van der Waals surface area contributed by atoms with Gasteiger partial charge < -0.3 is 5.32 Å². The predicted octanol–water partition coefficient (Wildman–Crippen LogP) is 5.15. The van der Waals surface area contributed by atoms with Crippen molar-refractivity contribution < 1.29 is 14.4 Å². The first-order valence-electron chi connectivity index (χ1n) is 11.6. The molecule has 1 fully saturated rings. The number of benzene rings is 3. The molecule has 1 aromatic heterocycles. The Kier molecular flexibility index (Phi) is 6.64. The number of nitrogens with zero attached hydrogens (tertiary/aromatic N) is 3. The number of nitrogens with one attached hydrogen (secondary N) is 1. The highest BCUT2D eigenvalue weighted by atomic mass is 35.5. The number of imide groups is 1. The second kappa shape index (κ2) is 10.2. The minimum Gasteiger partial charge on any atom is -0.322 e. The normalized spacial score (nSPS) is 13.3. The monoisotopic (exact) mass is 498 g/mol. The van der Waals surface area contributed by atoms with Crippen LogP contribution in [0, 0.1) is 0 Å². The van der Waals surface area contributed by atoms with Crippen LogP contribution in [0.25, 0.3) is 11.3 Å². The van der Waals surface area contributed by atoms with Crippen LogP contribution in [0.1, 0.15) is 34.3 Å². The summed E-state index contributed by atoms with van der Waals surface area (Å²) < 4.78 is 1.75. The number of halogens is 1. The molecule has 0 saturated carbocycles. The topological polar surface area (TPSA) is 84.3 Å². The van der Waals surface area contributed by atoms with Crippen LogP contribution in [0.3, 0.4) is 0 Å². The van der Waals surface area contributed by atoms with Gasteiger partial charge in [-0.25, -0.2) is 0 Å². The molecule has 0 bridgehead atoms. The number of hydrogen-bond donors (Lipinski definition) is 1. The van der Waals surface area contributed by atoms with Crippen molar-refractivity contribution in [2.75, 3.05) is 5.32 Å². The number of amides is 3. The van der Waals surface area contributed by atoms with E-state index >= 15 is 0 Å². The molecule has 0 atom stereocenters. The smallest absolute Gasteiger partial charge is 0.259 e. The fourth-order valence-electron chi connectivity index (χ4n) is 4.13. The second-order valence-corrected chi connectivity index (χ2v) is 9.04. The third kappa shape index (κ3) is 5.21. The molecule has 0 aliphatic carbocycles. The molecule has 0 unspecified atom stereocenters.